The van der Waals surface area contributed by atoms with Gasteiger partial charge in [-0.1, -0.05) is 0 Å². The van der Waals surface area contributed by atoms with Crippen molar-refractivity contribution in [1.29, 1.82) is 5.26 Å². The van der Waals surface area contributed by atoms with Crippen LogP contribution in [0, 0.1) is 21.4 Å². The number of carbonyl (C=O) groups is 1. The second-order valence-corrected chi connectivity index (χ2v) is 2.71. The van der Waals surface area contributed by atoms with Crippen LogP contribution >= 0.6 is 0 Å². The molecule has 7 heteroatoms. The summed E-state index contributed by atoms with van der Waals surface area (Å²) in [5, 5.41) is 28.7. The van der Waals surface area contributed by atoms with Crippen LogP contribution in [0.25, 0.3) is 0 Å². The van der Waals surface area contributed by atoms with Gasteiger partial charge >= 0.3 is 5.97 Å². The number of benzene rings is 1. The average Bonchev–Trinajstić information content (AvgIpc) is 2.26. The van der Waals surface area contributed by atoms with Crippen LogP contribution in [0.5, 0.6) is 5.75 Å². The van der Waals surface area contributed by atoms with Crippen molar-refractivity contribution in [2.24, 2.45) is 0 Å². The molecule has 0 spiro atoms. The lowest BCUT2D eigenvalue weighted by atomic mass is 10.1. The highest BCUT2D eigenvalue weighted by Crippen LogP contribution is 2.29. The second kappa shape index (κ2) is 4.27. The minimum absolute atomic E-state index is 0.501. The molecule has 0 radical (unpaired) electrons. The highest BCUT2D eigenvalue weighted by molar-refractivity contribution is 5.96. The van der Waals surface area contributed by atoms with Gasteiger partial charge in [0.15, 0.2) is 0 Å². The normalized spacial score (nSPS) is 9.25. The molecule has 0 aromatic heterocycles. The smallest absolute Gasteiger partial charge is 0.343 e. The lowest BCUT2D eigenvalue weighted by Gasteiger charge is -2.04. The van der Waals surface area contributed by atoms with Gasteiger partial charge in [0, 0.05) is 6.07 Å². The number of nitro benzene ring substituents is 1. The zero-order valence-electron chi connectivity index (χ0n) is 8.13. The van der Waals surface area contributed by atoms with Gasteiger partial charge in [-0.25, -0.2) is 4.79 Å². The molecule has 0 aliphatic heterocycles. The monoisotopic (exact) mass is 222 g/mol. The zero-order valence-corrected chi connectivity index (χ0v) is 8.13. The molecule has 1 aromatic rings. The molecule has 0 heterocycles. The summed E-state index contributed by atoms with van der Waals surface area (Å²) in [5.41, 5.74) is -1.57. The van der Waals surface area contributed by atoms with Gasteiger partial charge in [-0.2, -0.15) is 5.26 Å². The van der Waals surface area contributed by atoms with E-state index < -0.39 is 33.5 Å². The molecule has 0 aliphatic carbocycles. The minimum atomic E-state index is -1.00. The van der Waals surface area contributed by atoms with Crippen molar-refractivity contribution >= 4 is 11.7 Å². The van der Waals surface area contributed by atoms with Crippen LogP contribution in [0.15, 0.2) is 12.1 Å². The summed E-state index contributed by atoms with van der Waals surface area (Å²) >= 11 is 0. The van der Waals surface area contributed by atoms with Crippen molar-refractivity contribution in [3.63, 3.8) is 0 Å². The average molecular weight is 222 g/mol. The summed E-state index contributed by atoms with van der Waals surface area (Å²) in [7, 11) is 1.04. The van der Waals surface area contributed by atoms with E-state index in [1.807, 2.05) is 0 Å². The quantitative estimate of drug-likeness (QED) is 0.452. The number of nitriles is 1. The maximum Gasteiger partial charge on any atom is 0.343 e. The van der Waals surface area contributed by atoms with Crippen molar-refractivity contribution in [2.45, 2.75) is 0 Å². The number of esters is 1. The van der Waals surface area contributed by atoms with Crippen LogP contribution in [0.3, 0.4) is 0 Å². The summed E-state index contributed by atoms with van der Waals surface area (Å²) in [6.07, 6.45) is 0. The Hall–Kier alpha value is -2.62. The third kappa shape index (κ3) is 1.76. The standard InChI is InChI=1S/C9H6N2O5/c1-16-9(13)8-5(4-10)6(11(14)15)2-3-7(8)12/h2-3,12H,1H3. The third-order valence-electron chi connectivity index (χ3n) is 1.86. The fourth-order valence-corrected chi connectivity index (χ4v) is 1.15. The van der Waals surface area contributed by atoms with Gasteiger partial charge in [0.2, 0.25) is 0 Å². The Bertz CT molecular complexity index is 503. The lowest BCUT2D eigenvalue weighted by Crippen LogP contribution is -2.06. The number of carbonyl (C=O) groups excluding carboxylic acids is 1. The van der Waals surface area contributed by atoms with E-state index >= 15 is 0 Å². The topological polar surface area (TPSA) is 113 Å². The molecule has 0 saturated carbocycles. The van der Waals surface area contributed by atoms with Gasteiger partial charge in [0.1, 0.15) is 22.9 Å². The Morgan fingerprint density at radius 2 is 2.25 bits per heavy atom. The Labute approximate surface area is 89.6 Å². The summed E-state index contributed by atoms with van der Waals surface area (Å²) in [5.74, 6) is -1.54. The van der Waals surface area contributed by atoms with E-state index in [1.165, 1.54) is 6.07 Å². The first-order chi connectivity index (χ1) is 7.52. The molecule has 0 amide bonds. The van der Waals surface area contributed by atoms with E-state index in [1.54, 1.807) is 0 Å². The van der Waals surface area contributed by atoms with Crippen LogP contribution in [-0.2, 0) is 4.74 Å². The van der Waals surface area contributed by atoms with E-state index in [2.05, 4.69) is 4.74 Å². The van der Waals surface area contributed by atoms with Crippen LogP contribution in [0.2, 0.25) is 0 Å². The molecular formula is C9H6N2O5. The predicted molar refractivity (Wildman–Crippen MR) is 50.8 cm³/mol. The van der Waals surface area contributed by atoms with E-state index in [0.717, 1.165) is 19.2 Å². The van der Waals surface area contributed by atoms with Gasteiger partial charge in [0.05, 0.1) is 12.0 Å². The van der Waals surface area contributed by atoms with E-state index in [4.69, 9.17) is 5.26 Å². The van der Waals surface area contributed by atoms with Gasteiger partial charge in [-0.05, 0) is 6.07 Å². The third-order valence-corrected chi connectivity index (χ3v) is 1.86. The summed E-state index contributed by atoms with van der Waals surface area (Å²) in [4.78, 5) is 21.0. The number of methoxy groups -OCH3 is 1. The minimum Gasteiger partial charge on any atom is -0.507 e. The van der Waals surface area contributed by atoms with Crippen molar-refractivity contribution in [1.82, 2.24) is 0 Å². The Kier molecular flexibility index (Phi) is 3.06. The number of nitro groups is 1. The van der Waals surface area contributed by atoms with Crippen LogP contribution in [-0.4, -0.2) is 23.1 Å². The molecule has 16 heavy (non-hydrogen) atoms. The summed E-state index contributed by atoms with van der Waals surface area (Å²) in [6, 6.07) is 3.41. The van der Waals surface area contributed by atoms with E-state index in [-0.39, 0.29) is 0 Å². The number of ether oxygens (including phenoxy) is 1. The molecule has 0 aliphatic rings. The molecule has 0 unspecified atom stereocenters. The SMILES string of the molecule is COC(=O)c1c(O)ccc([N+](=O)[O-])c1C#N. The largest absolute Gasteiger partial charge is 0.507 e. The predicted octanol–water partition coefficient (Wildman–Crippen LogP) is 0.959. The first-order valence-electron chi connectivity index (χ1n) is 4.01. The van der Waals surface area contributed by atoms with Crippen LogP contribution in [0.1, 0.15) is 15.9 Å². The molecule has 1 aromatic carbocycles. The molecule has 0 bridgehead atoms. The van der Waals surface area contributed by atoms with Gasteiger partial charge < -0.3 is 9.84 Å². The highest BCUT2D eigenvalue weighted by atomic mass is 16.6. The fourth-order valence-electron chi connectivity index (χ4n) is 1.15. The Morgan fingerprint density at radius 3 is 2.69 bits per heavy atom. The Balaban J connectivity index is 3.58. The number of hydrogen-bond donors (Lipinski definition) is 1. The number of phenolic OH excluding ortho intramolecular Hbond substituents is 1. The molecule has 82 valence electrons. The molecule has 1 N–H and O–H groups in total. The van der Waals surface area contributed by atoms with Crippen LogP contribution in [0.4, 0.5) is 5.69 Å². The van der Waals surface area contributed by atoms with Crippen molar-refractivity contribution < 1.29 is 19.6 Å². The lowest BCUT2D eigenvalue weighted by molar-refractivity contribution is -0.385. The maximum atomic E-state index is 11.2. The van der Waals surface area contributed by atoms with Crippen LogP contribution < -0.4 is 0 Å². The number of aromatic hydroxyl groups is 1. The van der Waals surface area contributed by atoms with Crippen molar-refractivity contribution in [2.75, 3.05) is 7.11 Å². The number of hydrogen-bond acceptors (Lipinski definition) is 6. The number of nitrogens with zero attached hydrogens (tertiary/aromatic N) is 2. The molecular weight excluding hydrogens is 216 g/mol. The van der Waals surface area contributed by atoms with E-state index in [9.17, 15) is 20.0 Å². The Morgan fingerprint density at radius 1 is 1.62 bits per heavy atom. The highest BCUT2D eigenvalue weighted by Gasteiger charge is 2.25. The number of phenols is 1. The summed E-state index contributed by atoms with van der Waals surface area (Å²) < 4.78 is 4.32. The maximum absolute atomic E-state index is 11.2. The first-order valence-corrected chi connectivity index (χ1v) is 4.01. The van der Waals surface area contributed by atoms with Gasteiger partial charge in [-0.3, -0.25) is 10.1 Å². The zero-order chi connectivity index (χ0) is 12.3. The van der Waals surface area contributed by atoms with E-state index in [0.29, 0.717) is 0 Å². The van der Waals surface area contributed by atoms with Gasteiger partial charge in [-0.15, -0.1) is 0 Å². The molecule has 0 atom stereocenters. The fraction of sp³-hybridized carbons (Fsp3) is 0.111. The first kappa shape index (κ1) is 11.5. The van der Waals surface area contributed by atoms with Crippen molar-refractivity contribution in [3.8, 4) is 11.8 Å². The summed E-state index contributed by atoms with van der Waals surface area (Å²) in [6.45, 7) is 0. The molecule has 0 saturated heterocycles. The van der Waals surface area contributed by atoms with Gasteiger partial charge in [0.25, 0.3) is 5.69 Å². The second-order valence-electron chi connectivity index (χ2n) is 2.71. The molecule has 0 fully saturated rings. The molecule has 7 nitrogen and oxygen atoms in total. The number of rotatable bonds is 2. The van der Waals surface area contributed by atoms with Crippen molar-refractivity contribution in [3.05, 3.63) is 33.4 Å². The molecule has 1 rings (SSSR count).